The number of aryl methyl sites for hydroxylation is 2. The molecule has 4 heterocycles. The highest BCUT2D eigenvalue weighted by Crippen LogP contribution is 2.37. The first kappa shape index (κ1) is 16.2. The summed E-state index contributed by atoms with van der Waals surface area (Å²) in [5, 5.41) is 36.2. The first-order valence-corrected chi connectivity index (χ1v) is 7.93. The molecular weight excluding hydrogens is 326 g/mol. The van der Waals surface area contributed by atoms with Crippen molar-refractivity contribution in [1.29, 1.82) is 0 Å². The Hall–Kier alpha value is -2.33. The Kier molecular flexibility index (Phi) is 3.80. The molecule has 3 aromatic rings. The number of hydrogen-bond donors (Lipinski definition) is 3. The van der Waals surface area contributed by atoms with Crippen LogP contribution in [0.3, 0.4) is 0 Å². The van der Waals surface area contributed by atoms with E-state index < -0.39 is 30.6 Å². The van der Waals surface area contributed by atoms with Crippen LogP contribution in [0, 0.1) is 6.92 Å². The summed E-state index contributed by atoms with van der Waals surface area (Å²) in [6, 6.07) is 1.83. The van der Waals surface area contributed by atoms with Gasteiger partial charge in [-0.2, -0.15) is 5.10 Å². The van der Waals surface area contributed by atoms with E-state index in [1.54, 1.807) is 28.7 Å². The van der Waals surface area contributed by atoms with E-state index in [9.17, 15) is 15.3 Å². The van der Waals surface area contributed by atoms with Crippen LogP contribution in [0.25, 0.3) is 11.0 Å². The van der Waals surface area contributed by atoms with Crippen LogP contribution < -0.4 is 0 Å². The van der Waals surface area contributed by atoms with Crippen molar-refractivity contribution < 1.29 is 20.1 Å². The molecule has 0 bridgehead atoms. The Morgan fingerprint density at radius 3 is 2.76 bits per heavy atom. The van der Waals surface area contributed by atoms with Crippen LogP contribution in [0.1, 0.15) is 23.6 Å². The fourth-order valence-electron chi connectivity index (χ4n) is 3.26. The number of ether oxygens (including phenoxy) is 1. The number of nitrogens with zero attached hydrogens (tertiary/aromatic N) is 5. The molecule has 0 aliphatic carbocycles. The monoisotopic (exact) mass is 345 g/mol. The third-order valence-electron chi connectivity index (χ3n) is 4.64. The molecule has 0 aromatic carbocycles. The van der Waals surface area contributed by atoms with Crippen LogP contribution in [0.4, 0.5) is 0 Å². The lowest BCUT2D eigenvalue weighted by atomic mass is 10.0. The molecule has 3 aromatic heterocycles. The maximum absolute atomic E-state index is 10.5. The number of rotatable bonds is 3. The number of fused-ring (bicyclic) bond motifs is 1. The van der Waals surface area contributed by atoms with Gasteiger partial charge in [0.25, 0.3) is 0 Å². The standard InChI is InChI=1S/C16H19N5O4/c1-8-10-3-4-21(15(10)18-7-17-8)16-13(24)12(23)14(25-16)11(22)9-5-19-20(2)6-9/h3-7,11-14,16,22-24H,1-2H3/t11-,12-,13+,14+,16+/m0/s1. The summed E-state index contributed by atoms with van der Waals surface area (Å²) in [6.45, 7) is 1.87. The van der Waals surface area contributed by atoms with Crippen LogP contribution in [-0.4, -0.2) is 57.9 Å². The molecule has 1 aliphatic rings. The van der Waals surface area contributed by atoms with Crippen LogP contribution in [-0.2, 0) is 11.8 Å². The molecule has 0 radical (unpaired) electrons. The van der Waals surface area contributed by atoms with E-state index in [0.717, 1.165) is 11.1 Å². The van der Waals surface area contributed by atoms with Crippen molar-refractivity contribution in [2.75, 3.05) is 0 Å². The van der Waals surface area contributed by atoms with Crippen molar-refractivity contribution in [3.63, 3.8) is 0 Å². The van der Waals surface area contributed by atoms with Gasteiger partial charge in [0.15, 0.2) is 6.23 Å². The summed E-state index contributed by atoms with van der Waals surface area (Å²) in [5.74, 6) is 0. The Labute approximate surface area is 143 Å². The van der Waals surface area contributed by atoms with Gasteiger partial charge in [-0.1, -0.05) is 0 Å². The number of aromatic nitrogens is 5. The van der Waals surface area contributed by atoms with E-state index in [0.29, 0.717) is 11.2 Å². The first-order valence-electron chi connectivity index (χ1n) is 7.93. The normalized spacial score (nSPS) is 27.9. The molecule has 5 atom stereocenters. The van der Waals surface area contributed by atoms with Crippen LogP contribution in [0.5, 0.6) is 0 Å². The topological polar surface area (TPSA) is 118 Å². The largest absolute Gasteiger partial charge is 0.387 e. The molecule has 0 unspecified atom stereocenters. The summed E-state index contributed by atoms with van der Waals surface area (Å²) >= 11 is 0. The van der Waals surface area contributed by atoms with Gasteiger partial charge in [0.05, 0.1) is 11.9 Å². The highest BCUT2D eigenvalue weighted by atomic mass is 16.6. The molecule has 0 amide bonds. The smallest absolute Gasteiger partial charge is 0.164 e. The van der Waals surface area contributed by atoms with Crippen LogP contribution >= 0.6 is 0 Å². The fraction of sp³-hybridized carbons (Fsp3) is 0.438. The van der Waals surface area contributed by atoms with Gasteiger partial charge in [0.1, 0.15) is 36.4 Å². The molecule has 4 rings (SSSR count). The molecular formula is C16H19N5O4. The minimum atomic E-state index is -1.25. The second-order valence-electron chi connectivity index (χ2n) is 6.28. The van der Waals surface area contributed by atoms with Crippen molar-refractivity contribution in [3.05, 3.63) is 42.2 Å². The summed E-state index contributed by atoms with van der Waals surface area (Å²) in [4.78, 5) is 8.38. The zero-order valence-electron chi connectivity index (χ0n) is 13.8. The fourth-order valence-corrected chi connectivity index (χ4v) is 3.26. The lowest BCUT2D eigenvalue weighted by Gasteiger charge is -2.20. The highest BCUT2D eigenvalue weighted by molar-refractivity contribution is 5.78. The average molecular weight is 345 g/mol. The molecule has 9 nitrogen and oxygen atoms in total. The molecule has 132 valence electrons. The van der Waals surface area contributed by atoms with Gasteiger partial charge in [-0.3, -0.25) is 4.68 Å². The van der Waals surface area contributed by atoms with Crippen molar-refractivity contribution in [3.8, 4) is 0 Å². The van der Waals surface area contributed by atoms with Crippen molar-refractivity contribution in [2.45, 2.75) is 37.6 Å². The molecule has 25 heavy (non-hydrogen) atoms. The first-order chi connectivity index (χ1) is 12.0. The third-order valence-corrected chi connectivity index (χ3v) is 4.64. The number of aliphatic hydroxyl groups is 3. The van der Waals surface area contributed by atoms with E-state index in [4.69, 9.17) is 4.74 Å². The second kappa shape index (κ2) is 5.88. The molecule has 3 N–H and O–H groups in total. The number of hydrogen-bond acceptors (Lipinski definition) is 7. The Bertz CT molecular complexity index is 907. The molecule has 1 saturated heterocycles. The van der Waals surface area contributed by atoms with E-state index >= 15 is 0 Å². The van der Waals surface area contributed by atoms with Gasteiger partial charge in [-0.05, 0) is 13.0 Å². The Morgan fingerprint density at radius 2 is 2.04 bits per heavy atom. The average Bonchev–Trinajstić information content (AvgIpc) is 3.27. The molecule has 1 aliphatic heterocycles. The Morgan fingerprint density at radius 1 is 1.24 bits per heavy atom. The van der Waals surface area contributed by atoms with Gasteiger partial charge >= 0.3 is 0 Å². The van der Waals surface area contributed by atoms with Gasteiger partial charge < -0.3 is 24.6 Å². The van der Waals surface area contributed by atoms with E-state index in [1.807, 2.05) is 13.0 Å². The van der Waals surface area contributed by atoms with Gasteiger partial charge in [-0.25, -0.2) is 9.97 Å². The highest BCUT2D eigenvalue weighted by Gasteiger charge is 2.47. The minimum Gasteiger partial charge on any atom is -0.387 e. The summed E-state index contributed by atoms with van der Waals surface area (Å²) in [5.41, 5.74) is 1.92. The predicted octanol–water partition coefficient (Wildman–Crippen LogP) is -0.174. The SMILES string of the molecule is Cc1ncnc2c1ccn2[C@@H]1O[C@H]([C@@H](O)c2cnn(C)c2)[C@@H](O)[C@H]1O. The summed E-state index contributed by atoms with van der Waals surface area (Å²) < 4.78 is 9.01. The van der Waals surface area contributed by atoms with Gasteiger partial charge in [-0.15, -0.1) is 0 Å². The van der Waals surface area contributed by atoms with Crippen molar-refractivity contribution in [1.82, 2.24) is 24.3 Å². The molecule has 0 spiro atoms. The van der Waals surface area contributed by atoms with Crippen LogP contribution in [0.2, 0.25) is 0 Å². The van der Waals surface area contributed by atoms with Crippen molar-refractivity contribution in [2.24, 2.45) is 7.05 Å². The lowest BCUT2D eigenvalue weighted by Crippen LogP contribution is -2.34. The Balaban J connectivity index is 1.66. The van der Waals surface area contributed by atoms with E-state index in [1.165, 1.54) is 12.5 Å². The third kappa shape index (κ3) is 2.52. The molecule has 0 saturated carbocycles. The maximum atomic E-state index is 10.5. The second-order valence-corrected chi connectivity index (χ2v) is 6.28. The predicted molar refractivity (Wildman–Crippen MR) is 86.4 cm³/mol. The van der Waals surface area contributed by atoms with E-state index in [-0.39, 0.29) is 0 Å². The summed E-state index contributed by atoms with van der Waals surface area (Å²) in [6.07, 6.45) is 0.899. The molecule has 1 fully saturated rings. The number of aliphatic hydroxyl groups excluding tert-OH is 3. The quantitative estimate of drug-likeness (QED) is 0.603. The molecule has 9 heteroatoms. The van der Waals surface area contributed by atoms with E-state index in [2.05, 4.69) is 15.1 Å². The van der Waals surface area contributed by atoms with Gasteiger partial charge in [0, 0.05) is 30.4 Å². The van der Waals surface area contributed by atoms with Crippen molar-refractivity contribution >= 4 is 11.0 Å². The maximum Gasteiger partial charge on any atom is 0.164 e. The lowest BCUT2D eigenvalue weighted by molar-refractivity contribution is -0.0848. The zero-order chi connectivity index (χ0) is 17.7. The minimum absolute atomic E-state index is 0.509. The van der Waals surface area contributed by atoms with Crippen LogP contribution in [0.15, 0.2) is 31.0 Å². The van der Waals surface area contributed by atoms with Gasteiger partial charge in [0.2, 0.25) is 0 Å². The zero-order valence-corrected chi connectivity index (χ0v) is 13.8. The summed E-state index contributed by atoms with van der Waals surface area (Å²) in [7, 11) is 1.73.